The molecule has 1 aromatic carbocycles. The molecule has 2 atom stereocenters. The SMILES string of the molecule is O[C@H]1c2c(ccc(Br)c2F)[C@]2(CN3C=C(C(F)(F)F)C=C(OC(F)F)C3=N2)CC1(F)F. The van der Waals surface area contributed by atoms with E-state index in [-0.39, 0.29) is 10.0 Å². The van der Waals surface area contributed by atoms with Crippen molar-refractivity contribution in [3.63, 3.8) is 0 Å². The highest BCUT2D eigenvalue weighted by Crippen LogP contribution is 2.54. The monoisotopic (exact) mass is 518 g/mol. The van der Waals surface area contributed by atoms with Crippen LogP contribution in [0.25, 0.3) is 0 Å². The van der Waals surface area contributed by atoms with Crippen molar-refractivity contribution in [1.82, 2.24) is 4.90 Å². The number of allylic oxidation sites excluding steroid dienone is 2. The number of hydrogen-bond donors (Lipinski definition) is 1. The first-order chi connectivity index (χ1) is 14.2. The molecule has 13 heteroatoms. The van der Waals surface area contributed by atoms with Crippen molar-refractivity contribution in [2.45, 2.75) is 36.8 Å². The maximum Gasteiger partial charge on any atom is 0.417 e. The Morgan fingerprint density at radius 2 is 1.94 bits per heavy atom. The second-order valence-corrected chi connectivity index (χ2v) is 8.08. The smallest absolute Gasteiger partial charge is 0.417 e. The molecule has 1 aromatic rings. The van der Waals surface area contributed by atoms with Gasteiger partial charge in [-0.05, 0) is 33.6 Å². The molecule has 0 saturated carbocycles. The number of aliphatic imine (C=N–C) groups is 1. The van der Waals surface area contributed by atoms with Crippen LogP contribution in [0.1, 0.15) is 23.7 Å². The van der Waals surface area contributed by atoms with Crippen LogP contribution in [0, 0.1) is 5.82 Å². The van der Waals surface area contributed by atoms with Crippen LogP contribution >= 0.6 is 15.9 Å². The third-order valence-electron chi connectivity index (χ3n) is 5.20. The van der Waals surface area contributed by atoms with Gasteiger partial charge in [-0.2, -0.15) is 22.0 Å². The average molecular weight is 519 g/mol. The van der Waals surface area contributed by atoms with Gasteiger partial charge in [-0.25, -0.2) is 13.2 Å². The minimum atomic E-state index is -4.94. The van der Waals surface area contributed by atoms with Crippen molar-refractivity contribution in [3.05, 3.63) is 57.2 Å². The van der Waals surface area contributed by atoms with Gasteiger partial charge in [0.05, 0.1) is 16.6 Å². The Morgan fingerprint density at radius 1 is 1.26 bits per heavy atom. The van der Waals surface area contributed by atoms with Gasteiger partial charge in [-0.3, -0.25) is 4.99 Å². The molecule has 2 aliphatic heterocycles. The summed E-state index contributed by atoms with van der Waals surface area (Å²) < 4.78 is 113. The lowest BCUT2D eigenvalue weighted by Gasteiger charge is -2.40. The van der Waals surface area contributed by atoms with Gasteiger partial charge in [0.2, 0.25) is 0 Å². The molecule has 1 aliphatic carbocycles. The normalized spacial score (nSPS) is 27.0. The van der Waals surface area contributed by atoms with Gasteiger partial charge >= 0.3 is 12.8 Å². The Hall–Kier alpha value is -2.15. The molecule has 0 unspecified atom stereocenters. The number of ether oxygens (including phenoxy) is 1. The van der Waals surface area contributed by atoms with Gasteiger partial charge in [0.25, 0.3) is 5.92 Å². The van der Waals surface area contributed by atoms with E-state index in [0.717, 1.165) is 4.90 Å². The Kier molecular flexibility index (Phi) is 4.93. The van der Waals surface area contributed by atoms with E-state index in [1.165, 1.54) is 12.1 Å². The number of rotatable bonds is 2. The summed E-state index contributed by atoms with van der Waals surface area (Å²) in [7, 11) is 0. The predicted molar refractivity (Wildman–Crippen MR) is 93.8 cm³/mol. The summed E-state index contributed by atoms with van der Waals surface area (Å²) in [6, 6.07) is 2.38. The number of halogens is 9. The fourth-order valence-electron chi connectivity index (χ4n) is 3.98. The van der Waals surface area contributed by atoms with Crippen molar-refractivity contribution in [2.24, 2.45) is 4.99 Å². The van der Waals surface area contributed by atoms with E-state index in [0.29, 0.717) is 12.3 Å². The minimum Gasteiger partial charge on any atom is -0.431 e. The number of nitrogens with zero attached hydrogens (tertiary/aromatic N) is 2. The van der Waals surface area contributed by atoms with E-state index >= 15 is 0 Å². The number of aliphatic hydroxyl groups is 1. The lowest BCUT2D eigenvalue weighted by atomic mass is 9.73. The number of fused-ring (bicyclic) bond motifs is 3. The largest absolute Gasteiger partial charge is 0.431 e. The van der Waals surface area contributed by atoms with Gasteiger partial charge in [0, 0.05) is 18.2 Å². The molecule has 168 valence electrons. The molecule has 1 spiro atoms. The topological polar surface area (TPSA) is 45.1 Å². The number of benzene rings is 1. The molecule has 0 amide bonds. The molecule has 4 nitrogen and oxygen atoms in total. The highest BCUT2D eigenvalue weighted by atomic mass is 79.9. The fourth-order valence-corrected chi connectivity index (χ4v) is 4.33. The summed E-state index contributed by atoms with van der Waals surface area (Å²) in [5.41, 5.74) is -4.33. The quantitative estimate of drug-likeness (QED) is 0.550. The molecule has 1 N–H and O–H groups in total. The standard InChI is InChI=1S/C18H11BrF8N2O2/c19-9-2-1-8-11(12(9)20)13(30)17(23,24)5-16(8)6-29-4-7(18(25,26)27)3-10(14(29)28-16)31-15(21)22/h1-4,13,15,30H,5-6H2/t13-,16+/m0/s1. The van der Waals surface area contributed by atoms with E-state index < -0.39 is 71.9 Å². The van der Waals surface area contributed by atoms with Crippen molar-refractivity contribution in [3.8, 4) is 0 Å². The Balaban J connectivity index is 1.91. The summed E-state index contributed by atoms with van der Waals surface area (Å²) >= 11 is 2.84. The second kappa shape index (κ2) is 6.92. The number of hydrogen-bond acceptors (Lipinski definition) is 4. The molecule has 0 saturated heterocycles. The molecule has 0 bridgehead atoms. The molecule has 4 rings (SSSR count). The van der Waals surface area contributed by atoms with E-state index in [1.807, 2.05) is 0 Å². The Bertz CT molecular complexity index is 1040. The van der Waals surface area contributed by atoms with Crippen molar-refractivity contribution in [2.75, 3.05) is 6.54 Å². The van der Waals surface area contributed by atoms with Gasteiger partial charge < -0.3 is 14.7 Å². The first-order valence-electron chi connectivity index (χ1n) is 8.62. The van der Waals surface area contributed by atoms with Gasteiger partial charge in [0.1, 0.15) is 17.5 Å². The third kappa shape index (κ3) is 3.51. The van der Waals surface area contributed by atoms with Crippen LogP contribution < -0.4 is 0 Å². The lowest BCUT2D eigenvalue weighted by Crippen LogP contribution is -2.46. The van der Waals surface area contributed by atoms with Crippen LogP contribution in [0.3, 0.4) is 0 Å². The van der Waals surface area contributed by atoms with E-state index in [9.17, 15) is 40.2 Å². The molecule has 2 heterocycles. The molecule has 31 heavy (non-hydrogen) atoms. The molecule has 0 fully saturated rings. The number of aliphatic hydroxyl groups excluding tert-OH is 1. The fraction of sp³-hybridized carbons (Fsp3) is 0.389. The van der Waals surface area contributed by atoms with Crippen molar-refractivity contribution < 1.29 is 45.0 Å². The summed E-state index contributed by atoms with van der Waals surface area (Å²) in [6.07, 6.45) is -7.84. The van der Waals surface area contributed by atoms with Crippen LogP contribution in [0.5, 0.6) is 0 Å². The summed E-state index contributed by atoms with van der Waals surface area (Å²) in [4.78, 5) is 4.79. The first-order valence-corrected chi connectivity index (χ1v) is 9.41. The van der Waals surface area contributed by atoms with Crippen LogP contribution in [0.4, 0.5) is 35.1 Å². The third-order valence-corrected chi connectivity index (χ3v) is 5.82. The Labute approximate surface area is 177 Å². The van der Waals surface area contributed by atoms with E-state index in [1.54, 1.807) is 0 Å². The van der Waals surface area contributed by atoms with Crippen molar-refractivity contribution in [1.29, 1.82) is 0 Å². The predicted octanol–water partition coefficient (Wildman–Crippen LogP) is 5.15. The van der Waals surface area contributed by atoms with Crippen molar-refractivity contribution >= 4 is 21.8 Å². The molecule has 0 aromatic heterocycles. The maximum atomic E-state index is 14.7. The maximum absolute atomic E-state index is 14.7. The summed E-state index contributed by atoms with van der Waals surface area (Å²) in [5.74, 6) is -6.58. The van der Waals surface area contributed by atoms with E-state index in [2.05, 4.69) is 25.7 Å². The van der Waals surface area contributed by atoms with Gasteiger partial charge in [-0.15, -0.1) is 0 Å². The highest BCUT2D eigenvalue weighted by molar-refractivity contribution is 9.10. The molecular weight excluding hydrogens is 508 g/mol. The number of amidine groups is 1. The molecule has 0 radical (unpaired) electrons. The highest BCUT2D eigenvalue weighted by Gasteiger charge is 2.59. The zero-order chi connectivity index (χ0) is 22.9. The van der Waals surface area contributed by atoms with Gasteiger partial charge in [-0.1, -0.05) is 6.07 Å². The van der Waals surface area contributed by atoms with Crippen LogP contribution in [-0.2, 0) is 10.3 Å². The number of alkyl halides is 7. The molecular formula is C18H11BrF8N2O2. The van der Waals surface area contributed by atoms with E-state index in [4.69, 9.17) is 0 Å². The van der Waals surface area contributed by atoms with Crippen LogP contribution in [0.2, 0.25) is 0 Å². The molecule has 3 aliphatic rings. The first kappa shape index (κ1) is 22.1. The van der Waals surface area contributed by atoms with Crippen LogP contribution in [-0.4, -0.2) is 41.1 Å². The van der Waals surface area contributed by atoms with Gasteiger partial charge in [0.15, 0.2) is 11.6 Å². The summed E-state index contributed by atoms with van der Waals surface area (Å²) in [5, 5.41) is 10.0. The zero-order valence-electron chi connectivity index (χ0n) is 15.0. The summed E-state index contributed by atoms with van der Waals surface area (Å²) in [6.45, 7) is -4.14. The zero-order valence-corrected chi connectivity index (χ0v) is 16.6. The second-order valence-electron chi connectivity index (χ2n) is 7.23. The minimum absolute atomic E-state index is 0.188. The Morgan fingerprint density at radius 3 is 2.55 bits per heavy atom. The van der Waals surface area contributed by atoms with Crippen LogP contribution in [0.15, 0.2) is 45.2 Å². The lowest BCUT2D eigenvalue weighted by molar-refractivity contribution is -0.138. The average Bonchev–Trinajstić information content (AvgIpc) is 2.99.